The Labute approximate surface area is 128 Å². The van der Waals surface area contributed by atoms with Gasteiger partial charge in [0.1, 0.15) is 0 Å². The highest BCUT2D eigenvalue weighted by molar-refractivity contribution is 7.81. The van der Waals surface area contributed by atoms with Crippen molar-refractivity contribution >= 4 is 12.6 Å². The van der Waals surface area contributed by atoms with Gasteiger partial charge in [-0.2, -0.15) is 12.6 Å². The van der Waals surface area contributed by atoms with Gasteiger partial charge in [0.25, 0.3) is 0 Å². The first kappa shape index (κ1) is 15.2. The second-order valence-electron chi connectivity index (χ2n) is 6.77. The van der Waals surface area contributed by atoms with Crippen molar-refractivity contribution < 1.29 is 0 Å². The summed E-state index contributed by atoms with van der Waals surface area (Å²) >= 11 is 4.91. The van der Waals surface area contributed by atoms with E-state index in [9.17, 15) is 0 Å². The van der Waals surface area contributed by atoms with Gasteiger partial charge in [0, 0.05) is 0 Å². The Hall–Kier alpha value is -1.21. The van der Waals surface area contributed by atoms with Crippen LogP contribution in [0.25, 0.3) is 0 Å². The van der Waals surface area contributed by atoms with Crippen molar-refractivity contribution in [2.24, 2.45) is 0 Å². The molecule has 0 N–H and O–H groups in total. The Morgan fingerprint density at radius 3 is 1.40 bits per heavy atom. The highest BCUT2D eigenvalue weighted by atomic mass is 32.1. The first-order valence-corrected chi connectivity index (χ1v) is 7.56. The molecule has 1 unspecified atom stereocenters. The van der Waals surface area contributed by atoms with Crippen LogP contribution in [0, 0.1) is 6.92 Å². The molecule has 0 aliphatic heterocycles. The van der Waals surface area contributed by atoms with E-state index in [1.165, 1.54) is 22.3 Å². The normalized spacial score (nSPS) is 14.9. The predicted molar refractivity (Wildman–Crippen MR) is 91.8 cm³/mol. The van der Waals surface area contributed by atoms with E-state index in [1.807, 2.05) is 0 Å². The molecule has 0 amide bonds. The van der Waals surface area contributed by atoms with E-state index in [-0.39, 0.29) is 10.2 Å². The van der Waals surface area contributed by atoms with Crippen LogP contribution >= 0.6 is 12.6 Å². The van der Waals surface area contributed by atoms with E-state index in [1.54, 1.807) is 0 Å². The molecule has 0 spiro atoms. The summed E-state index contributed by atoms with van der Waals surface area (Å²) in [6.07, 6.45) is 0. The number of hydrogen-bond donors (Lipinski definition) is 1. The lowest BCUT2D eigenvalue weighted by Crippen LogP contribution is -2.17. The highest BCUT2D eigenvalue weighted by Gasteiger charge is 2.24. The lowest BCUT2D eigenvalue weighted by molar-refractivity contribution is 0.589. The maximum absolute atomic E-state index is 4.91. The third-order valence-corrected chi connectivity index (χ3v) is 4.44. The molecule has 0 aromatic heterocycles. The van der Waals surface area contributed by atoms with Crippen LogP contribution in [-0.2, 0) is 10.2 Å². The Morgan fingerprint density at radius 2 is 1.00 bits per heavy atom. The SMILES string of the molecule is Cc1ccc(C(C)(S)c2ccc(C(C)(C)C)cc2)cc1. The van der Waals surface area contributed by atoms with E-state index in [2.05, 4.69) is 83.1 Å². The summed E-state index contributed by atoms with van der Waals surface area (Å²) in [5.41, 5.74) is 5.29. The molecule has 0 heterocycles. The van der Waals surface area contributed by atoms with Crippen molar-refractivity contribution in [2.75, 3.05) is 0 Å². The second kappa shape index (κ2) is 5.29. The summed E-state index contributed by atoms with van der Waals surface area (Å²) in [5.74, 6) is 0. The molecule has 2 rings (SSSR count). The van der Waals surface area contributed by atoms with Gasteiger partial charge in [-0.3, -0.25) is 0 Å². The lowest BCUT2D eigenvalue weighted by Gasteiger charge is -2.27. The molecule has 20 heavy (non-hydrogen) atoms. The van der Waals surface area contributed by atoms with Crippen molar-refractivity contribution in [3.8, 4) is 0 Å². The smallest absolute Gasteiger partial charge is 0.0598 e. The van der Waals surface area contributed by atoms with Gasteiger partial charge < -0.3 is 0 Å². The zero-order valence-corrected chi connectivity index (χ0v) is 14.0. The quantitative estimate of drug-likeness (QED) is 0.693. The predicted octanol–water partition coefficient (Wildman–Crippen LogP) is 5.49. The van der Waals surface area contributed by atoms with E-state index >= 15 is 0 Å². The van der Waals surface area contributed by atoms with Crippen LogP contribution in [0.4, 0.5) is 0 Å². The Balaban J connectivity index is 2.37. The van der Waals surface area contributed by atoms with Crippen LogP contribution in [0.3, 0.4) is 0 Å². The summed E-state index contributed by atoms with van der Waals surface area (Å²) in [5, 5.41) is 0. The number of benzene rings is 2. The van der Waals surface area contributed by atoms with Gasteiger partial charge >= 0.3 is 0 Å². The second-order valence-corrected chi connectivity index (χ2v) is 7.66. The molecule has 0 nitrogen and oxygen atoms in total. The molecule has 0 aliphatic rings. The Morgan fingerprint density at radius 1 is 0.650 bits per heavy atom. The molecule has 1 atom stereocenters. The molecule has 106 valence electrons. The van der Waals surface area contributed by atoms with Crippen molar-refractivity contribution in [3.63, 3.8) is 0 Å². The topological polar surface area (TPSA) is 0 Å². The van der Waals surface area contributed by atoms with E-state index in [4.69, 9.17) is 12.6 Å². The standard InChI is InChI=1S/C19H24S/c1-14-6-8-16(9-7-14)19(5,20)17-12-10-15(11-13-17)18(2,3)4/h6-13,20H,1-5H3. The first-order chi connectivity index (χ1) is 9.21. The van der Waals surface area contributed by atoms with E-state index in [0.29, 0.717) is 0 Å². The van der Waals surface area contributed by atoms with Gasteiger partial charge in [-0.05, 0) is 36.0 Å². The van der Waals surface area contributed by atoms with Gasteiger partial charge in [-0.25, -0.2) is 0 Å². The van der Waals surface area contributed by atoms with Gasteiger partial charge in [0.05, 0.1) is 4.75 Å². The molecule has 1 heteroatoms. The number of rotatable bonds is 2. The van der Waals surface area contributed by atoms with Crippen LogP contribution in [0.5, 0.6) is 0 Å². The van der Waals surface area contributed by atoms with Crippen LogP contribution in [0.1, 0.15) is 49.9 Å². The number of thiol groups is 1. The van der Waals surface area contributed by atoms with Crippen LogP contribution in [0.2, 0.25) is 0 Å². The van der Waals surface area contributed by atoms with Gasteiger partial charge in [-0.15, -0.1) is 0 Å². The third-order valence-electron chi connectivity index (χ3n) is 3.93. The molecule has 0 aliphatic carbocycles. The fraction of sp³-hybridized carbons (Fsp3) is 0.368. The zero-order valence-electron chi connectivity index (χ0n) is 13.1. The fourth-order valence-corrected chi connectivity index (χ4v) is 2.64. The first-order valence-electron chi connectivity index (χ1n) is 7.12. The largest absolute Gasteiger partial charge is 0.163 e. The summed E-state index contributed by atoms with van der Waals surface area (Å²) in [6.45, 7) is 11.0. The monoisotopic (exact) mass is 284 g/mol. The van der Waals surface area contributed by atoms with Crippen LogP contribution in [0.15, 0.2) is 48.5 Å². The summed E-state index contributed by atoms with van der Waals surface area (Å²) in [6, 6.07) is 17.5. The average molecular weight is 284 g/mol. The minimum Gasteiger partial charge on any atom is -0.163 e. The molecule has 0 saturated carbocycles. The van der Waals surface area contributed by atoms with Crippen LogP contribution < -0.4 is 0 Å². The van der Waals surface area contributed by atoms with E-state index < -0.39 is 0 Å². The van der Waals surface area contributed by atoms with Gasteiger partial charge in [0.2, 0.25) is 0 Å². The summed E-state index contributed by atoms with van der Waals surface area (Å²) < 4.78 is -0.260. The molecule has 2 aromatic rings. The van der Waals surface area contributed by atoms with Gasteiger partial charge in [-0.1, -0.05) is 74.9 Å². The molecule has 0 fully saturated rings. The summed E-state index contributed by atoms with van der Waals surface area (Å²) in [7, 11) is 0. The van der Waals surface area contributed by atoms with E-state index in [0.717, 1.165) is 0 Å². The molecule has 0 saturated heterocycles. The molecule has 0 radical (unpaired) electrons. The highest BCUT2D eigenvalue weighted by Crippen LogP contribution is 2.36. The minimum absolute atomic E-state index is 0.190. The maximum atomic E-state index is 4.91. The Bertz CT molecular complexity index is 569. The van der Waals surface area contributed by atoms with Gasteiger partial charge in [0.15, 0.2) is 0 Å². The van der Waals surface area contributed by atoms with Crippen molar-refractivity contribution in [1.82, 2.24) is 0 Å². The maximum Gasteiger partial charge on any atom is 0.0598 e. The average Bonchev–Trinajstić information content (AvgIpc) is 2.38. The fourth-order valence-electron chi connectivity index (χ4n) is 2.34. The molecule has 2 aromatic carbocycles. The number of hydrogen-bond acceptors (Lipinski definition) is 1. The molecule has 0 bridgehead atoms. The van der Waals surface area contributed by atoms with Crippen LogP contribution in [-0.4, -0.2) is 0 Å². The molecular formula is C19H24S. The number of aryl methyl sites for hydroxylation is 1. The van der Waals surface area contributed by atoms with Crippen molar-refractivity contribution in [2.45, 2.75) is 44.8 Å². The third kappa shape index (κ3) is 3.09. The zero-order chi connectivity index (χ0) is 15.0. The lowest BCUT2D eigenvalue weighted by atomic mass is 9.84. The molecular weight excluding hydrogens is 260 g/mol. The summed E-state index contributed by atoms with van der Waals surface area (Å²) in [4.78, 5) is 0. The van der Waals surface area contributed by atoms with Crippen molar-refractivity contribution in [3.05, 3.63) is 70.8 Å². The minimum atomic E-state index is -0.260. The van der Waals surface area contributed by atoms with Crippen molar-refractivity contribution in [1.29, 1.82) is 0 Å². The Kier molecular flexibility index (Phi) is 4.02.